The molecule has 0 aromatic carbocycles. The van der Waals surface area contributed by atoms with Crippen molar-refractivity contribution < 1.29 is 9.90 Å². The zero-order valence-electron chi connectivity index (χ0n) is 10.4. The molecule has 1 fully saturated rings. The summed E-state index contributed by atoms with van der Waals surface area (Å²) in [6, 6.07) is 2.05. The largest absolute Gasteiger partial charge is 0.391 e. The minimum Gasteiger partial charge on any atom is -0.391 e. The van der Waals surface area contributed by atoms with Crippen molar-refractivity contribution in [1.29, 1.82) is 0 Å². The van der Waals surface area contributed by atoms with Gasteiger partial charge in [0, 0.05) is 25.3 Å². The van der Waals surface area contributed by atoms with E-state index in [4.69, 9.17) is 0 Å². The second kappa shape index (κ2) is 4.87. The Hall–Kier alpha value is -1.36. The summed E-state index contributed by atoms with van der Waals surface area (Å²) in [5, 5.41) is 13.7. The van der Waals surface area contributed by atoms with Gasteiger partial charge in [-0.1, -0.05) is 0 Å². The van der Waals surface area contributed by atoms with Crippen LogP contribution in [0.2, 0.25) is 0 Å². The van der Waals surface area contributed by atoms with Gasteiger partial charge in [-0.25, -0.2) is 0 Å². The molecule has 0 aliphatic carbocycles. The summed E-state index contributed by atoms with van der Waals surface area (Å²) in [7, 11) is 0. The lowest BCUT2D eigenvalue weighted by Crippen LogP contribution is -2.27. The van der Waals surface area contributed by atoms with Crippen molar-refractivity contribution in [1.82, 2.24) is 14.7 Å². The number of amides is 1. The first-order valence-electron chi connectivity index (χ1n) is 6.03. The number of aryl methyl sites for hydroxylation is 3. The van der Waals surface area contributed by atoms with Crippen LogP contribution in [0.4, 0.5) is 0 Å². The van der Waals surface area contributed by atoms with Crippen molar-refractivity contribution in [2.45, 2.75) is 39.3 Å². The number of hydrogen-bond acceptors (Lipinski definition) is 3. The zero-order valence-corrected chi connectivity index (χ0v) is 10.4. The molecule has 1 amide bonds. The van der Waals surface area contributed by atoms with Crippen LogP contribution in [0, 0.1) is 13.8 Å². The first-order chi connectivity index (χ1) is 8.06. The second-order valence-corrected chi connectivity index (χ2v) is 4.70. The summed E-state index contributed by atoms with van der Waals surface area (Å²) in [5.41, 5.74) is 2.17. The third kappa shape index (κ3) is 2.85. The third-order valence-electron chi connectivity index (χ3n) is 3.10. The van der Waals surface area contributed by atoms with Crippen LogP contribution in [-0.2, 0) is 11.3 Å². The molecule has 94 valence electrons. The van der Waals surface area contributed by atoms with E-state index in [0.717, 1.165) is 24.4 Å². The lowest BCUT2D eigenvalue weighted by molar-refractivity contribution is -0.127. The molecule has 1 atom stereocenters. The van der Waals surface area contributed by atoms with Crippen LogP contribution >= 0.6 is 0 Å². The van der Waals surface area contributed by atoms with E-state index in [1.165, 1.54) is 0 Å². The number of aromatic nitrogens is 2. The number of rotatable bonds is 4. The van der Waals surface area contributed by atoms with Crippen LogP contribution in [0.1, 0.15) is 24.2 Å². The molecule has 1 saturated heterocycles. The fraction of sp³-hybridized carbons (Fsp3) is 0.667. The molecule has 1 aromatic rings. The van der Waals surface area contributed by atoms with Crippen molar-refractivity contribution in [3.05, 3.63) is 17.5 Å². The molecule has 2 heterocycles. The molecule has 0 spiro atoms. The highest BCUT2D eigenvalue weighted by molar-refractivity contribution is 5.78. The Morgan fingerprint density at radius 2 is 2.24 bits per heavy atom. The summed E-state index contributed by atoms with van der Waals surface area (Å²) in [6.45, 7) is 6.01. The van der Waals surface area contributed by atoms with E-state index < -0.39 is 6.10 Å². The molecule has 1 N–H and O–H groups in total. The lowest BCUT2D eigenvalue weighted by Gasteiger charge is -2.15. The standard InChI is InChI=1S/C12H19N3O2/c1-9-6-10(2)15(13-9)5-3-4-14-8-11(16)7-12(14)17/h6,11,16H,3-5,7-8H2,1-2H3. The number of carbonyl (C=O) groups is 1. The van der Waals surface area contributed by atoms with Crippen LogP contribution in [0.3, 0.4) is 0 Å². The number of carbonyl (C=O) groups excluding carboxylic acids is 1. The molecule has 17 heavy (non-hydrogen) atoms. The number of aliphatic hydroxyl groups excluding tert-OH is 1. The molecule has 1 aromatic heterocycles. The van der Waals surface area contributed by atoms with Crippen molar-refractivity contribution in [3.63, 3.8) is 0 Å². The molecule has 1 aliphatic rings. The first-order valence-corrected chi connectivity index (χ1v) is 6.03. The normalized spacial score (nSPS) is 20.3. The lowest BCUT2D eigenvalue weighted by atomic mass is 10.3. The maximum Gasteiger partial charge on any atom is 0.225 e. The molecule has 0 saturated carbocycles. The molecule has 0 bridgehead atoms. The molecular formula is C12H19N3O2. The van der Waals surface area contributed by atoms with Gasteiger partial charge in [-0.05, 0) is 26.3 Å². The number of aliphatic hydroxyl groups is 1. The van der Waals surface area contributed by atoms with Crippen molar-refractivity contribution in [2.75, 3.05) is 13.1 Å². The van der Waals surface area contributed by atoms with E-state index in [-0.39, 0.29) is 12.3 Å². The fourth-order valence-electron chi connectivity index (χ4n) is 2.28. The van der Waals surface area contributed by atoms with Gasteiger partial charge in [0.05, 0.1) is 18.2 Å². The van der Waals surface area contributed by atoms with Gasteiger partial charge < -0.3 is 10.0 Å². The quantitative estimate of drug-likeness (QED) is 0.828. The monoisotopic (exact) mass is 237 g/mol. The predicted molar refractivity (Wildman–Crippen MR) is 63.5 cm³/mol. The Kier molecular flexibility index (Phi) is 3.47. The molecular weight excluding hydrogens is 218 g/mol. The van der Waals surface area contributed by atoms with Crippen LogP contribution in [0.25, 0.3) is 0 Å². The van der Waals surface area contributed by atoms with Crippen molar-refractivity contribution in [3.8, 4) is 0 Å². The number of β-amino-alcohol motifs (C(OH)–C–C–N with tert-alkyl or cyclic N) is 1. The second-order valence-electron chi connectivity index (χ2n) is 4.70. The summed E-state index contributed by atoms with van der Waals surface area (Å²) < 4.78 is 1.96. The summed E-state index contributed by atoms with van der Waals surface area (Å²) >= 11 is 0. The van der Waals surface area contributed by atoms with Crippen LogP contribution in [-0.4, -0.2) is 44.9 Å². The van der Waals surface area contributed by atoms with Gasteiger partial charge in [0.25, 0.3) is 0 Å². The summed E-state index contributed by atoms with van der Waals surface area (Å²) in [4.78, 5) is 13.2. The highest BCUT2D eigenvalue weighted by Gasteiger charge is 2.27. The van der Waals surface area contributed by atoms with E-state index >= 15 is 0 Å². The number of hydrogen-bond donors (Lipinski definition) is 1. The van der Waals surface area contributed by atoms with Gasteiger partial charge in [-0.15, -0.1) is 0 Å². The first kappa shape index (κ1) is 12.1. The topological polar surface area (TPSA) is 58.4 Å². The van der Waals surface area contributed by atoms with Gasteiger partial charge in [0.2, 0.25) is 5.91 Å². The van der Waals surface area contributed by atoms with Crippen LogP contribution in [0.15, 0.2) is 6.07 Å². The van der Waals surface area contributed by atoms with Gasteiger partial charge in [-0.2, -0.15) is 5.10 Å². The Morgan fingerprint density at radius 1 is 1.47 bits per heavy atom. The minimum atomic E-state index is -0.476. The smallest absolute Gasteiger partial charge is 0.225 e. The highest BCUT2D eigenvalue weighted by Crippen LogP contribution is 2.11. The zero-order chi connectivity index (χ0) is 12.4. The molecule has 0 radical (unpaired) electrons. The van der Waals surface area contributed by atoms with Gasteiger partial charge in [-0.3, -0.25) is 9.48 Å². The fourth-order valence-corrected chi connectivity index (χ4v) is 2.28. The Bertz CT molecular complexity index is 414. The summed E-state index contributed by atoms with van der Waals surface area (Å²) in [6.07, 6.45) is 0.677. The maximum atomic E-state index is 11.4. The average Bonchev–Trinajstić information content (AvgIpc) is 2.71. The number of likely N-dealkylation sites (tertiary alicyclic amines) is 1. The summed E-state index contributed by atoms with van der Waals surface area (Å²) in [5.74, 6) is 0.0610. The SMILES string of the molecule is Cc1cc(C)n(CCCN2CC(O)CC2=O)n1. The van der Waals surface area contributed by atoms with Gasteiger partial charge in [0.15, 0.2) is 0 Å². The molecule has 2 rings (SSSR count). The van der Waals surface area contributed by atoms with E-state index in [9.17, 15) is 9.90 Å². The maximum absolute atomic E-state index is 11.4. The van der Waals surface area contributed by atoms with E-state index in [1.807, 2.05) is 24.6 Å². The Morgan fingerprint density at radius 3 is 2.76 bits per heavy atom. The molecule has 1 unspecified atom stereocenters. The third-order valence-corrected chi connectivity index (χ3v) is 3.10. The molecule has 1 aliphatic heterocycles. The Balaban J connectivity index is 1.80. The Labute approximate surface area is 101 Å². The molecule has 5 nitrogen and oxygen atoms in total. The van der Waals surface area contributed by atoms with Gasteiger partial charge in [0.1, 0.15) is 0 Å². The van der Waals surface area contributed by atoms with Crippen LogP contribution < -0.4 is 0 Å². The van der Waals surface area contributed by atoms with Crippen molar-refractivity contribution in [2.24, 2.45) is 0 Å². The highest BCUT2D eigenvalue weighted by atomic mass is 16.3. The average molecular weight is 237 g/mol. The van der Waals surface area contributed by atoms with Crippen LogP contribution in [0.5, 0.6) is 0 Å². The van der Waals surface area contributed by atoms with E-state index in [0.29, 0.717) is 13.1 Å². The number of nitrogens with zero attached hydrogens (tertiary/aromatic N) is 3. The predicted octanol–water partition coefficient (Wildman–Crippen LogP) is 0.483. The molecule has 5 heteroatoms. The van der Waals surface area contributed by atoms with Gasteiger partial charge >= 0.3 is 0 Å². The van der Waals surface area contributed by atoms with E-state index in [2.05, 4.69) is 5.10 Å². The minimum absolute atomic E-state index is 0.0610. The van der Waals surface area contributed by atoms with Crippen molar-refractivity contribution >= 4 is 5.91 Å². The van der Waals surface area contributed by atoms with E-state index in [1.54, 1.807) is 4.90 Å².